The number of nitrogens with one attached hydrogen (secondary N) is 1. The lowest BCUT2D eigenvalue weighted by Crippen LogP contribution is -2.18. The quantitative estimate of drug-likeness (QED) is 0.464. The van der Waals surface area contributed by atoms with Gasteiger partial charge in [-0.15, -0.1) is 0 Å². The second-order valence-corrected chi connectivity index (χ2v) is 5.03. The van der Waals surface area contributed by atoms with E-state index in [4.69, 9.17) is 9.94 Å². The molecular formula is C17H20N2O3. The number of hydrogen-bond acceptors (Lipinski definition) is 4. The molecule has 2 aromatic rings. The summed E-state index contributed by atoms with van der Waals surface area (Å²) in [5.41, 5.74) is 3.12. The van der Waals surface area contributed by atoms with Gasteiger partial charge in [0.05, 0.1) is 5.56 Å². The van der Waals surface area contributed by atoms with Crippen LogP contribution in [0.2, 0.25) is 0 Å². The molecule has 22 heavy (non-hydrogen) atoms. The zero-order valence-corrected chi connectivity index (χ0v) is 12.6. The minimum atomic E-state index is -0.601. The van der Waals surface area contributed by atoms with Gasteiger partial charge in [0.2, 0.25) is 5.88 Å². The molecule has 116 valence electrons. The van der Waals surface area contributed by atoms with Gasteiger partial charge >= 0.3 is 0 Å². The highest BCUT2D eigenvalue weighted by Gasteiger charge is 2.05. The minimum Gasteiger partial charge on any atom is -0.439 e. The Labute approximate surface area is 129 Å². The molecule has 5 nitrogen and oxygen atoms in total. The van der Waals surface area contributed by atoms with Gasteiger partial charge in [-0.05, 0) is 36.6 Å². The summed E-state index contributed by atoms with van der Waals surface area (Å²) in [6.07, 6.45) is 6.09. The summed E-state index contributed by atoms with van der Waals surface area (Å²) in [5.74, 6) is 0.495. The van der Waals surface area contributed by atoms with Gasteiger partial charge in [-0.1, -0.05) is 31.9 Å². The number of pyridine rings is 1. The van der Waals surface area contributed by atoms with Crippen LogP contribution >= 0.6 is 0 Å². The van der Waals surface area contributed by atoms with Crippen molar-refractivity contribution >= 4 is 5.91 Å². The van der Waals surface area contributed by atoms with E-state index in [0.29, 0.717) is 11.6 Å². The molecule has 1 aromatic carbocycles. The lowest BCUT2D eigenvalue weighted by atomic mass is 10.1. The van der Waals surface area contributed by atoms with Crippen molar-refractivity contribution in [1.82, 2.24) is 10.5 Å². The van der Waals surface area contributed by atoms with Crippen molar-refractivity contribution in [2.45, 2.75) is 32.6 Å². The van der Waals surface area contributed by atoms with E-state index in [0.717, 1.165) is 6.42 Å². The Morgan fingerprint density at radius 2 is 1.95 bits per heavy atom. The topological polar surface area (TPSA) is 71.5 Å². The number of carbonyl (C=O) groups excluding carboxylic acids is 1. The highest BCUT2D eigenvalue weighted by molar-refractivity contribution is 5.92. The summed E-state index contributed by atoms with van der Waals surface area (Å²) in [7, 11) is 0. The first-order chi connectivity index (χ1) is 10.7. The van der Waals surface area contributed by atoms with Crippen LogP contribution in [0.25, 0.3) is 0 Å². The molecule has 5 heteroatoms. The summed E-state index contributed by atoms with van der Waals surface area (Å²) < 4.78 is 5.62. The smallest absolute Gasteiger partial charge is 0.276 e. The molecule has 0 bridgehead atoms. The third-order valence-corrected chi connectivity index (χ3v) is 3.31. The van der Waals surface area contributed by atoms with E-state index in [-0.39, 0.29) is 5.56 Å². The first kappa shape index (κ1) is 16.0. The average Bonchev–Trinajstić information content (AvgIpc) is 2.57. The minimum absolute atomic E-state index is 0.265. The Kier molecular flexibility index (Phi) is 5.91. The Bertz CT molecular complexity index is 594. The van der Waals surface area contributed by atoms with E-state index in [1.807, 2.05) is 12.1 Å². The maximum atomic E-state index is 11.2. The van der Waals surface area contributed by atoms with Crippen molar-refractivity contribution in [3.63, 3.8) is 0 Å². The van der Waals surface area contributed by atoms with Gasteiger partial charge in [-0.25, -0.2) is 10.5 Å². The summed E-state index contributed by atoms with van der Waals surface area (Å²) in [6.45, 7) is 2.19. The van der Waals surface area contributed by atoms with Crippen LogP contribution in [-0.4, -0.2) is 16.1 Å². The molecule has 0 saturated heterocycles. The zero-order valence-electron chi connectivity index (χ0n) is 12.6. The lowest BCUT2D eigenvalue weighted by molar-refractivity contribution is 0.0706. The molecule has 2 rings (SSSR count). The van der Waals surface area contributed by atoms with E-state index in [9.17, 15) is 4.79 Å². The zero-order chi connectivity index (χ0) is 15.8. The van der Waals surface area contributed by atoms with Crippen LogP contribution in [0.5, 0.6) is 11.6 Å². The Morgan fingerprint density at radius 3 is 2.55 bits per heavy atom. The SMILES string of the molecule is CCCCCc1ccc(Oc2ccc(C(=O)NO)cn2)cc1. The summed E-state index contributed by atoms with van der Waals surface area (Å²) in [5, 5.41) is 8.54. The normalized spacial score (nSPS) is 10.3. The fourth-order valence-electron chi connectivity index (χ4n) is 2.06. The van der Waals surface area contributed by atoms with Crippen molar-refractivity contribution in [1.29, 1.82) is 0 Å². The third-order valence-electron chi connectivity index (χ3n) is 3.31. The number of aromatic nitrogens is 1. The van der Waals surface area contributed by atoms with Crippen LogP contribution < -0.4 is 10.2 Å². The molecule has 0 radical (unpaired) electrons. The summed E-state index contributed by atoms with van der Waals surface area (Å²) in [4.78, 5) is 15.2. The third kappa shape index (κ3) is 4.56. The Balaban J connectivity index is 1.94. The number of amides is 1. The van der Waals surface area contributed by atoms with Crippen LogP contribution in [0, 0.1) is 0 Å². The predicted molar refractivity (Wildman–Crippen MR) is 83.2 cm³/mol. The molecule has 0 spiro atoms. The van der Waals surface area contributed by atoms with Gasteiger partial charge < -0.3 is 4.74 Å². The molecule has 0 aliphatic carbocycles. The highest BCUT2D eigenvalue weighted by atomic mass is 16.5. The maximum absolute atomic E-state index is 11.2. The molecule has 1 aromatic heterocycles. The fourth-order valence-corrected chi connectivity index (χ4v) is 2.06. The van der Waals surface area contributed by atoms with Crippen LogP contribution in [0.1, 0.15) is 42.1 Å². The molecule has 0 atom stereocenters. The molecule has 0 aliphatic heterocycles. The van der Waals surface area contributed by atoms with Crippen molar-refractivity contribution in [3.05, 3.63) is 53.7 Å². The largest absolute Gasteiger partial charge is 0.439 e. The summed E-state index contributed by atoms with van der Waals surface area (Å²) >= 11 is 0. The molecular weight excluding hydrogens is 280 g/mol. The van der Waals surface area contributed by atoms with Gasteiger partial charge in [-0.2, -0.15) is 0 Å². The number of ether oxygens (including phenoxy) is 1. The van der Waals surface area contributed by atoms with Crippen molar-refractivity contribution in [2.75, 3.05) is 0 Å². The number of benzene rings is 1. The molecule has 0 fully saturated rings. The van der Waals surface area contributed by atoms with Gasteiger partial charge in [0.25, 0.3) is 5.91 Å². The monoisotopic (exact) mass is 300 g/mol. The molecule has 1 amide bonds. The van der Waals surface area contributed by atoms with Crippen LogP contribution in [0.4, 0.5) is 0 Å². The fraction of sp³-hybridized carbons (Fsp3) is 0.294. The summed E-state index contributed by atoms with van der Waals surface area (Å²) in [6, 6.07) is 11.1. The molecule has 0 aliphatic rings. The second kappa shape index (κ2) is 8.14. The number of rotatable bonds is 7. The number of aryl methyl sites for hydroxylation is 1. The molecule has 1 heterocycles. The predicted octanol–water partition coefficient (Wildman–Crippen LogP) is 3.73. The van der Waals surface area contributed by atoms with E-state index in [2.05, 4.69) is 24.0 Å². The number of unbranched alkanes of at least 4 members (excludes halogenated alkanes) is 2. The lowest BCUT2D eigenvalue weighted by Gasteiger charge is -2.06. The van der Waals surface area contributed by atoms with Gasteiger partial charge in [-0.3, -0.25) is 10.0 Å². The van der Waals surface area contributed by atoms with Gasteiger partial charge in [0, 0.05) is 12.3 Å². The number of nitrogens with zero attached hydrogens (tertiary/aromatic N) is 1. The highest BCUT2D eigenvalue weighted by Crippen LogP contribution is 2.20. The van der Waals surface area contributed by atoms with E-state index in [1.54, 1.807) is 11.5 Å². The average molecular weight is 300 g/mol. The number of hydrogen-bond donors (Lipinski definition) is 2. The van der Waals surface area contributed by atoms with Crippen LogP contribution in [0.15, 0.2) is 42.6 Å². The molecule has 0 saturated carbocycles. The van der Waals surface area contributed by atoms with Gasteiger partial charge in [0.15, 0.2) is 0 Å². The van der Waals surface area contributed by atoms with Crippen molar-refractivity contribution in [3.8, 4) is 11.6 Å². The van der Waals surface area contributed by atoms with E-state index >= 15 is 0 Å². The van der Waals surface area contributed by atoms with Gasteiger partial charge in [0.1, 0.15) is 5.75 Å². The molecule has 2 N–H and O–H groups in total. The van der Waals surface area contributed by atoms with E-state index < -0.39 is 5.91 Å². The molecule has 0 unspecified atom stereocenters. The van der Waals surface area contributed by atoms with Crippen LogP contribution in [-0.2, 0) is 6.42 Å². The van der Waals surface area contributed by atoms with E-state index in [1.165, 1.54) is 37.1 Å². The second-order valence-electron chi connectivity index (χ2n) is 5.03. The van der Waals surface area contributed by atoms with Crippen molar-refractivity contribution in [2.24, 2.45) is 0 Å². The number of hydroxylamine groups is 1. The first-order valence-corrected chi connectivity index (χ1v) is 7.40. The Morgan fingerprint density at radius 1 is 1.18 bits per heavy atom. The Hall–Kier alpha value is -2.40. The number of carbonyl (C=O) groups is 1. The van der Waals surface area contributed by atoms with Crippen molar-refractivity contribution < 1.29 is 14.7 Å². The maximum Gasteiger partial charge on any atom is 0.276 e. The first-order valence-electron chi connectivity index (χ1n) is 7.40. The standard InChI is InChI=1S/C17H20N2O3/c1-2-3-4-5-13-6-9-15(10-7-13)22-16-11-8-14(12-18-16)17(20)19-21/h6-12,21H,2-5H2,1H3,(H,19,20). The van der Waals surface area contributed by atoms with Crippen LogP contribution in [0.3, 0.4) is 0 Å².